The molecule has 1 heterocycles. The molecule has 0 aromatic heterocycles. The Morgan fingerprint density at radius 3 is 2.87 bits per heavy atom. The summed E-state index contributed by atoms with van der Waals surface area (Å²) in [6.07, 6.45) is 0.496. The molecule has 0 bridgehead atoms. The van der Waals surface area contributed by atoms with E-state index in [-0.39, 0.29) is 17.6 Å². The normalized spacial score (nSPS) is 20.0. The molecule has 2 rings (SSSR count). The van der Waals surface area contributed by atoms with E-state index in [4.69, 9.17) is 0 Å². The second-order valence-corrected chi connectivity index (χ2v) is 4.33. The highest BCUT2D eigenvalue weighted by molar-refractivity contribution is 5.94. The van der Waals surface area contributed by atoms with Crippen molar-refractivity contribution in [3.05, 3.63) is 29.6 Å². The van der Waals surface area contributed by atoms with Crippen LogP contribution in [-0.2, 0) is 4.79 Å². The third-order valence-electron chi connectivity index (χ3n) is 2.90. The number of rotatable bonds is 1. The summed E-state index contributed by atoms with van der Waals surface area (Å²) in [5.41, 5.74) is 1.68. The van der Waals surface area contributed by atoms with Gasteiger partial charge < -0.3 is 5.32 Å². The van der Waals surface area contributed by atoms with Crippen LogP contribution in [0.25, 0.3) is 0 Å². The van der Waals surface area contributed by atoms with E-state index in [1.165, 1.54) is 12.1 Å². The lowest BCUT2D eigenvalue weighted by Crippen LogP contribution is -2.25. The Kier molecular flexibility index (Phi) is 2.47. The summed E-state index contributed by atoms with van der Waals surface area (Å²) in [5, 5.41) is 2.71. The van der Waals surface area contributed by atoms with Crippen molar-refractivity contribution in [1.29, 1.82) is 0 Å². The molecule has 1 unspecified atom stereocenters. The predicted octanol–water partition coefficient (Wildman–Crippen LogP) is 2.91. The Morgan fingerprint density at radius 1 is 1.47 bits per heavy atom. The van der Waals surface area contributed by atoms with Crippen molar-refractivity contribution in [3.8, 4) is 0 Å². The van der Waals surface area contributed by atoms with Gasteiger partial charge in [0.05, 0.1) is 0 Å². The predicted molar refractivity (Wildman–Crippen MR) is 57.2 cm³/mol. The fraction of sp³-hybridized carbons (Fsp3) is 0.417. The van der Waals surface area contributed by atoms with Crippen LogP contribution in [0.1, 0.15) is 31.7 Å². The molecule has 0 aliphatic carbocycles. The summed E-state index contributed by atoms with van der Waals surface area (Å²) in [6.45, 7) is 4.16. The van der Waals surface area contributed by atoms with Crippen molar-refractivity contribution in [1.82, 2.24) is 0 Å². The van der Waals surface area contributed by atoms with Gasteiger partial charge in [0, 0.05) is 12.1 Å². The monoisotopic (exact) mass is 207 g/mol. The fourth-order valence-electron chi connectivity index (χ4n) is 2.07. The summed E-state index contributed by atoms with van der Waals surface area (Å²) in [6, 6.07) is 4.61. The molecule has 1 aliphatic rings. The van der Waals surface area contributed by atoms with E-state index in [0.29, 0.717) is 18.0 Å². The molecule has 1 aromatic rings. The summed E-state index contributed by atoms with van der Waals surface area (Å²) in [7, 11) is 0. The van der Waals surface area contributed by atoms with E-state index in [2.05, 4.69) is 19.2 Å². The highest BCUT2D eigenvalue weighted by Gasteiger charge is 2.27. The molecule has 3 heteroatoms. The molecule has 0 radical (unpaired) electrons. The van der Waals surface area contributed by atoms with Crippen LogP contribution >= 0.6 is 0 Å². The smallest absolute Gasteiger partial charge is 0.225 e. The molecule has 80 valence electrons. The maximum atomic E-state index is 13.0. The van der Waals surface area contributed by atoms with Gasteiger partial charge in [-0.1, -0.05) is 19.9 Å². The van der Waals surface area contributed by atoms with Crippen molar-refractivity contribution in [2.24, 2.45) is 5.92 Å². The Labute approximate surface area is 88.5 Å². The Morgan fingerprint density at radius 2 is 2.20 bits per heavy atom. The highest BCUT2D eigenvalue weighted by atomic mass is 19.1. The van der Waals surface area contributed by atoms with Crippen LogP contribution in [0.4, 0.5) is 10.1 Å². The molecule has 2 nitrogen and oxygen atoms in total. The van der Waals surface area contributed by atoms with Crippen molar-refractivity contribution < 1.29 is 9.18 Å². The van der Waals surface area contributed by atoms with Gasteiger partial charge in [-0.25, -0.2) is 4.39 Å². The van der Waals surface area contributed by atoms with E-state index >= 15 is 0 Å². The lowest BCUT2D eigenvalue weighted by Gasteiger charge is -2.28. The maximum Gasteiger partial charge on any atom is 0.225 e. The molecule has 1 aliphatic heterocycles. The second kappa shape index (κ2) is 3.65. The number of carbonyl (C=O) groups excluding carboxylic acids is 1. The minimum atomic E-state index is -0.307. The number of hydrogen-bond acceptors (Lipinski definition) is 1. The molecule has 0 spiro atoms. The Bertz CT molecular complexity index is 401. The van der Waals surface area contributed by atoms with Crippen molar-refractivity contribution in [2.45, 2.75) is 26.2 Å². The fourth-order valence-corrected chi connectivity index (χ4v) is 2.07. The number of halogens is 1. The van der Waals surface area contributed by atoms with Gasteiger partial charge in [0.25, 0.3) is 0 Å². The molecule has 0 fully saturated rings. The molecule has 1 atom stereocenters. The third-order valence-corrected chi connectivity index (χ3v) is 2.90. The first-order valence-electron chi connectivity index (χ1n) is 5.17. The van der Waals surface area contributed by atoms with Crippen molar-refractivity contribution in [3.63, 3.8) is 0 Å². The lowest BCUT2D eigenvalue weighted by molar-refractivity contribution is -0.117. The van der Waals surface area contributed by atoms with Crippen LogP contribution in [0.2, 0.25) is 0 Å². The van der Waals surface area contributed by atoms with Gasteiger partial charge in [-0.3, -0.25) is 4.79 Å². The zero-order chi connectivity index (χ0) is 11.0. The van der Waals surface area contributed by atoms with E-state index in [9.17, 15) is 9.18 Å². The van der Waals surface area contributed by atoms with Crippen molar-refractivity contribution in [2.75, 3.05) is 5.32 Å². The minimum Gasteiger partial charge on any atom is -0.326 e. The Hall–Kier alpha value is -1.38. The standard InChI is InChI=1S/C12H14FNO/c1-7(2)10-6-12(15)14-11-5-8(13)3-4-9(10)11/h3-5,7,10H,6H2,1-2H3,(H,14,15). The SMILES string of the molecule is CC(C)C1CC(=O)Nc2cc(F)ccc21. The maximum absolute atomic E-state index is 13.0. The van der Waals surface area contributed by atoms with Crippen LogP contribution in [0.15, 0.2) is 18.2 Å². The second-order valence-electron chi connectivity index (χ2n) is 4.33. The third kappa shape index (κ3) is 1.87. The average Bonchev–Trinajstić information content (AvgIpc) is 2.15. The van der Waals surface area contributed by atoms with Gasteiger partial charge in [0.15, 0.2) is 0 Å². The van der Waals surface area contributed by atoms with Crippen LogP contribution in [0.5, 0.6) is 0 Å². The number of carbonyl (C=O) groups is 1. The Balaban J connectivity index is 2.46. The van der Waals surface area contributed by atoms with Crippen LogP contribution in [0.3, 0.4) is 0 Å². The van der Waals surface area contributed by atoms with Crippen LogP contribution in [0, 0.1) is 11.7 Å². The quantitative estimate of drug-likeness (QED) is 0.753. The summed E-state index contributed by atoms with van der Waals surface area (Å²) < 4.78 is 13.0. The molecule has 1 aromatic carbocycles. The molecule has 0 saturated heterocycles. The van der Waals surface area contributed by atoms with Gasteiger partial charge in [-0.05, 0) is 29.5 Å². The number of amides is 1. The number of hydrogen-bond donors (Lipinski definition) is 1. The van der Waals surface area contributed by atoms with Gasteiger partial charge in [-0.15, -0.1) is 0 Å². The number of benzene rings is 1. The van der Waals surface area contributed by atoms with E-state index in [1.807, 2.05) is 0 Å². The minimum absolute atomic E-state index is 0.0215. The van der Waals surface area contributed by atoms with Crippen LogP contribution in [-0.4, -0.2) is 5.91 Å². The number of fused-ring (bicyclic) bond motifs is 1. The lowest BCUT2D eigenvalue weighted by atomic mass is 9.82. The van der Waals surface area contributed by atoms with E-state index in [0.717, 1.165) is 5.56 Å². The molecule has 15 heavy (non-hydrogen) atoms. The molecule has 1 amide bonds. The van der Waals surface area contributed by atoms with E-state index < -0.39 is 0 Å². The average molecular weight is 207 g/mol. The molecular weight excluding hydrogens is 193 g/mol. The zero-order valence-electron chi connectivity index (χ0n) is 8.88. The summed E-state index contributed by atoms with van der Waals surface area (Å²) >= 11 is 0. The molecule has 0 saturated carbocycles. The number of nitrogens with one attached hydrogen (secondary N) is 1. The first-order chi connectivity index (χ1) is 7.08. The van der Waals surface area contributed by atoms with Crippen molar-refractivity contribution >= 4 is 11.6 Å². The topological polar surface area (TPSA) is 29.1 Å². The van der Waals surface area contributed by atoms with Gasteiger partial charge in [-0.2, -0.15) is 0 Å². The van der Waals surface area contributed by atoms with Gasteiger partial charge >= 0.3 is 0 Å². The largest absolute Gasteiger partial charge is 0.326 e. The number of anilines is 1. The first kappa shape index (κ1) is 10.1. The van der Waals surface area contributed by atoms with Gasteiger partial charge in [0.2, 0.25) is 5.91 Å². The van der Waals surface area contributed by atoms with E-state index in [1.54, 1.807) is 6.07 Å². The first-order valence-corrected chi connectivity index (χ1v) is 5.17. The molecule has 1 N–H and O–H groups in total. The van der Waals surface area contributed by atoms with Gasteiger partial charge in [0.1, 0.15) is 5.82 Å². The summed E-state index contributed by atoms with van der Waals surface area (Å²) in [5.74, 6) is 0.264. The molecular formula is C12H14FNO. The van der Waals surface area contributed by atoms with Crippen LogP contribution < -0.4 is 5.32 Å². The zero-order valence-corrected chi connectivity index (χ0v) is 8.88. The summed E-state index contributed by atoms with van der Waals surface area (Å²) in [4.78, 5) is 11.4. The highest BCUT2D eigenvalue weighted by Crippen LogP contribution is 2.37.